The molecule has 3 heterocycles. The largest absolute Gasteiger partial charge is 0.497 e. The van der Waals surface area contributed by atoms with Crippen molar-refractivity contribution in [3.05, 3.63) is 138 Å². The molecule has 0 spiro atoms. The van der Waals surface area contributed by atoms with Crippen molar-refractivity contribution in [2.24, 2.45) is 4.99 Å². The number of hydrogen-bond donors (Lipinski definition) is 0. The number of thiazole rings is 1. The second-order valence-corrected chi connectivity index (χ2v) is 11.3. The van der Waals surface area contributed by atoms with Crippen molar-refractivity contribution >= 4 is 46.1 Å². The second kappa shape index (κ2) is 11.5. The minimum atomic E-state index is -0.834. The second-order valence-electron chi connectivity index (χ2n) is 9.94. The summed E-state index contributed by atoms with van der Waals surface area (Å²) in [5.41, 5.74) is 3.29. The molecule has 0 saturated carbocycles. The number of amides is 1. The summed E-state index contributed by atoms with van der Waals surface area (Å²) in [6.45, 7) is 5.58. The number of benzene rings is 3. The van der Waals surface area contributed by atoms with Gasteiger partial charge in [0.25, 0.3) is 11.5 Å². The molecule has 1 amide bonds. The fourth-order valence-electron chi connectivity index (χ4n) is 5.40. The molecule has 0 radical (unpaired) electrons. The Morgan fingerprint density at radius 1 is 1.07 bits per heavy atom. The molecule has 0 bridgehead atoms. The zero-order valence-corrected chi connectivity index (χ0v) is 24.9. The van der Waals surface area contributed by atoms with Gasteiger partial charge in [0, 0.05) is 10.6 Å². The number of para-hydroxylation sites is 1. The maximum atomic E-state index is 14.4. The number of esters is 1. The molecular weight excluding hydrogens is 586 g/mol. The number of anilines is 1. The molecule has 1 aromatic heterocycles. The van der Waals surface area contributed by atoms with Gasteiger partial charge in [0.2, 0.25) is 0 Å². The van der Waals surface area contributed by atoms with E-state index in [-0.39, 0.29) is 34.7 Å². The summed E-state index contributed by atoms with van der Waals surface area (Å²) in [5.74, 6) is -0.288. The van der Waals surface area contributed by atoms with Crippen LogP contribution in [0.4, 0.5) is 5.69 Å². The molecule has 0 saturated heterocycles. The van der Waals surface area contributed by atoms with Gasteiger partial charge < -0.3 is 14.4 Å². The summed E-state index contributed by atoms with van der Waals surface area (Å²) in [5, 5.41) is 0.548. The first-order chi connectivity index (χ1) is 20.8. The molecule has 216 valence electrons. The fraction of sp³-hybridized carbons (Fsp3) is 0.152. The lowest BCUT2D eigenvalue weighted by molar-refractivity contribution is -0.138. The topological polar surface area (TPSA) is 90.2 Å². The lowest BCUT2D eigenvalue weighted by atomic mass is 9.96. The van der Waals surface area contributed by atoms with Crippen LogP contribution < -0.4 is 24.5 Å². The number of allylic oxidation sites excluding steroid dienone is 1. The molecule has 0 unspecified atom stereocenters. The maximum Gasteiger partial charge on any atom is 0.338 e. The fourth-order valence-corrected chi connectivity index (χ4v) is 6.73. The van der Waals surface area contributed by atoms with E-state index in [1.165, 1.54) is 10.6 Å². The van der Waals surface area contributed by atoms with Gasteiger partial charge in [-0.05, 0) is 42.3 Å². The molecule has 2 aliphatic rings. The SMILES string of the molecule is C=CCOC(=O)C1=C(C)N=c2s/c(=C3\C(=O)N(Cc4ccccc4Cl)c4ccccc43)c(=O)n2[C@@H]1c1ccc(OC)cc1. The van der Waals surface area contributed by atoms with E-state index in [0.717, 1.165) is 16.9 Å². The molecule has 4 aromatic rings. The zero-order valence-electron chi connectivity index (χ0n) is 23.4. The summed E-state index contributed by atoms with van der Waals surface area (Å²) < 4.78 is 12.4. The first-order valence-electron chi connectivity index (χ1n) is 13.5. The van der Waals surface area contributed by atoms with Crippen LogP contribution in [0, 0.1) is 0 Å². The van der Waals surface area contributed by atoms with Gasteiger partial charge in [-0.2, -0.15) is 0 Å². The van der Waals surface area contributed by atoms with Gasteiger partial charge in [-0.15, -0.1) is 0 Å². The van der Waals surface area contributed by atoms with Gasteiger partial charge in [-0.1, -0.05) is 84.1 Å². The molecular formula is C33H26ClN3O5S. The van der Waals surface area contributed by atoms with Crippen LogP contribution in [-0.2, 0) is 20.9 Å². The highest BCUT2D eigenvalue weighted by atomic mass is 35.5. The van der Waals surface area contributed by atoms with E-state index >= 15 is 0 Å². The Hall–Kier alpha value is -4.73. The van der Waals surface area contributed by atoms with Crippen molar-refractivity contribution in [1.29, 1.82) is 0 Å². The summed E-state index contributed by atoms with van der Waals surface area (Å²) >= 11 is 7.56. The van der Waals surface area contributed by atoms with Crippen LogP contribution in [0.3, 0.4) is 0 Å². The van der Waals surface area contributed by atoms with Crippen LogP contribution in [0.2, 0.25) is 5.02 Å². The third-order valence-electron chi connectivity index (χ3n) is 7.42. The number of methoxy groups -OCH3 is 1. The quantitative estimate of drug-likeness (QED) is 0.226. The highest BCUT2D eigenvalue weighted by Gasteiger charge is 2.37. The minimum Gasteiger partial charge on any atom is -0.497 e. The Morgan fingerprint density at radius 2 is 1.79 bits per heavy atom. The molecule has 43 heavy (non-hydrogen) atoms. The predicted octanol–water partition coefficient (Wildman–Crippen LogP) is 4.54. The van der Waals surface area contributed by atoms with Crippen LogP contribution >= 0.6 is 22.9 Å². The van der Waals surface area contributed by atoms with E-state index in [1.807, 2.05) is 42.5 Å². The number of fused-ring (bicyclic) bond motifs is 2. The molecule has 0 fully saturated rings. The number of hydrogen-bond acceptors (Lipinski definition) is 7. The van der Waals surface area contributed by atoms with Crippen molar-refractivity contribution < 1.29 is 19.1 Å². The average Bonchev–Trinajstić information content (AvgIpc) is 3.48. The van der Waals surface area contributed by atoms with Gasteiger partial charge in [-0.25, -0.2) is 9.79 Å². The summed E-state index contributed by atoms with van der Waals surface area (Å²) in [6, 6.07) is 21.0. The molecule has 8 nitrogen and oxygen atoms in total. The maximum absolute atomic E-state index is 14.4. The number of carbonyl (C=O) groups is 2. The van der Waals surface area contributed by atoms with Crippen LogP contribution in [0.1, 0.15) is 29.7 Å². The average molecular weight is 612 g/mol. The van der Waals surface area contributed by atoms with Crippen molar-refractivity contribution in [1.82, 2.24) is 4.57 Å². The van der Waals surface area contributed by atoms with Gasteiger partial charge in [0.15, 0.2) is 4.80 Å². The van der Waals surface area contributed by atoms with E-state index in [9.17, 15) is 14.4 Å². The summed E-state index contributed by atoms with van der Waals surface area (Å²) in [7, 11) is 1.56. The van der Waals surface area contributed by atoms with Crippen LogP contribution in [-0.4, -0.2) is 30.2 Å². The highest BCUT2D eigenvalue weighted by Crippen LogP contribution is 2.37. The Balaban J connectivity index is 1.56. The van der Waals surface area contributed by atoms with E-state index < -0.39 is 17.6 Å². The Morgan fingerprint density at radius 3 is 2.51 bits per heavy atom. The smallest absolute Gasteiger partial charge is 0.338 e. The van der Waals surface area contributed by atoms with Crippen molar-refractivity contribution in [2.45, 2.75) is 19.5 Å². The minimum absolute atomic E-state index is 0.00602. The Bertz CT molecular complexity index is 2010. The number of carbonyl (C=O) groups excluding carboxylic acids is 2. The van der Waals surface area contributed by atoms with Crippen LogP contribution in [0.25, 0.3) is 5.57 Å². The van der Waals surface area contributed by atoms with Gasteiger partial charge in [0.1, 0.15) is 16.9 Å². The number of rotatable bonds is 7. The monoisotopic (exact) mass is 611 g/mol. The van der Waals surface area contributed by atoms with Gasteiger partial charge in [0.05, 0.1) is 42.2 Å². The number of halogens is 1. The van der Waals surface area contributed by atoms with E-state index in [1.54, 1.807) is 49.3 Å². The van der Waals surface area contributed by atoms with E-state index in [4.69, 9.17) is 21.1 Å². The van der Waals surface area contributed by atoms with Gasteiger partial charge in [-0.3, -0.25) is 14.2 Å². The lowest BCUT2D eigenvalue weighted by Crippen LogP contribution is -2.41. The number of ether oxygens (including phenoxy) is 2. The Labute approximate surface area is 256 Å². The molecule has 10 heteroatoms. The molecule has 1 atom stereocenters. The Kier molecular flexibility index (Phi) is 7.60. The first kappa shape index (κ1) is 28.4. The third-order valence-corrected chi connectivity index (χ3v) is 8.84. The number of nitrogens with zero attached hydrogens (tertiary/aromatic N) is 3. The molecule has 0 aliphatic carbocycles. The summed E-state index contributed by atoms with van der Waals surface area (Å²) in [4.78, 5) is 48.4. The van der Waals surface area contributed by atoms with E-state index in [2.05, 4.69) is 11.6 Å². The molecule has 6 rings (SSSR count). The molecule has 0 N–H and O–H groups in total. The normalized spacial score (nSPS) is 16.9. The standard InChI is InChI=1S/C33H26ClN3O5S/c1-4-17-42-32(40)26-19(2)35-33-37(28(26)20-13-15-22(41-3)16-14-20)31(39)29(43-33)27-23-10-6-8-12-25(23)36(30(27)38)18-21-9-5-7-11-24(21)34/h4-16,28H,1,17-18H2,2-3H3/b29-27-/t28-/m1/s1. The summed E-state index contributed by atoms with van der Waals surface area (Å²) in [6.07, 6.45) is 1.48. The van der Waals surface area contributed by atoms with Crippen LogP contribution in [0.15, 0.2) is 107 Å². The number of aromatic nitrogens is 1. The molecule has 2 aliphatic heterocycles. The molecule has 3 aromatic carbocycles. The highest BCUT2D eigenvalue weighted by molar-refractivity contribution is 7.07. The van der Waals surface area contributed by atoms with Crippen molar-refractivity contribution in [2.75, 3.05) is 18.6 Å². The first-order valence-corrected chi connectivity index (χ1v) is 14.6. The van der Waals surface area contributed by atoms with Crippen molar-refractivity contribution in [3.8, 4) is 5.75 Å². The lowest BCUT2D eigenvalue weighted by Gasteiger charge is -2.24. The zero-order chi connectivity index (χ0) is 30.2. The van der Waals surface area contributed by atoms with E-state index in [0.29, 0.717) is 38.1 Å². The van der Waals surface area contributed by atoms with Crippen molar-refractivity contribution in [3.63, 3.8) is 0 Å². The third kappa shape index (κ3) is 4.90. The van der Waals surface area contributed by atoms with Crippen LogP contribution in [0.5, 0.6) is 5.75 Å². The predicted molar refractivity (Wildman–Crippen MR) is 166 cm³/mol. The van der Waals surface area contributed by atoms with Gasteiger partial charge >= 0.3 is 5.97 Å².